The van der Waals surface area contributed by atoms with Gasteiger partial charge in [0.25, 0.3) is 5.91 Å². The van der Waals surface area contributed by atoms with Gasteiger partial charge in [0.05, 0.1) is 19.0 Å². The van der Waals surface area contributed by atoms with Gasteiger partial charge in [-0.25, -0.2) is 13.2 Å². The van der Waals surface area contributed by atoms with Gasteiger partial charge in [0.1, 0.15) is 15.9 Å². The van der Waals surface area contributed by atoms with Crippen molar-refractivity contribution in [3.05, 3.63) is 95.1 Å². The molecule has 1 fully saturated rings. The van der Waals surface area contributed by atoms with Crippen molar-refractivity contribution in [3.63, 3.8) is 0 Å². The molecule has 0 saturated carbocycles. The Morgan fingerprint density at radius 2 is 1.77 bits per heavy atom. The maximum atomic E-state index is 13.5. The number of amides is 1. The molecule has 4 rings (SSSR count). The van der Waals surface area contributed by atoms with Crippen LogP contribution in [-0.4, -0.2) is 79.1 Å². The second-order valence-electron chi connectivity index (χ2n) is 11.2. The molecule has 2 N–H and O–H groups in total. The number of hydrogen-bond acceptors (Lipinski definition) is 7. The van der Waals surface area contributed by atoms with Crippen molar-refractivity contribution in [1.29, 1.82) is 0 Å². The van der Waals surface area contributed by atoms with Gasteiger partial charge in [0.15, 0.2) is 0 Å². The van der Waals surface area contributed by atoms with Gasteiger partial charge in [0.2, 0.25) is 0 Å². The first kappa shape index (κ1) is 32.7. The number of rotatable bonds is 14. The normalized spacial score (nSPS) is 17.9. The molecule has 3 aromatic rings. The number of ether oxygens (including phenoxy) is 1. The molecular formula is C33H40N2O6S2. The molecule has 1 unspecified atom stereocenters. The number of carbonyl (C=O) groups is 2. The summed E-state index contributed by atoms with van der Waals surface area (Å²) in [5.74, 6) is -2.16. The highest BCUT2D eigenvalue weighted by molar-refractivity contribution is 7.99. The third kappa shape index (κ3) is 9.40. The summed E-state index contributed by atoms with van der Waals surface area (Å²) in [5.41, 5.74) is 5.09. The SMILES string of the molecule is CSC1C[C@H](COCc2ccccc2)N(Cc2ccc(C(=O)N[C@@H](CCS(C)(=O)=O)C(=O)O)c(-c3ccccc3C)c2)C1. The highest BCUT2D eigenvalue weighted by atomic mass is 32.2. The van der Waals surface area contributed by atoms with Crippen LogP contribution in [0.3, 0.4) is 0 Å². The molecule has 1 amide bonds. The lowest BCUT2D eigenvalue weighted by atomic mass is 9.93. The van der Waals surface area contributed by atoms with Gasteiger partial charge in [-0.2, -0.15) is 11.8 Å². The van der Waals surface area contributed by atoms with Crippen molar-refractivity contribution in [2.75, 3.05) is 31.4 Å². The first-order valence-corrected chi connectivity index (χ1v) is 17.7. The molecule has 3 aromatic carbocycles. The van der Waals surface area contributed by atoms with E-state index in [0.29, 0.717) is 36.1 Å². The standard InChI is InChI=1S/C33H40N2O6S2/c1-23-9-7-8-12-28(23)30-17-25(13-14-29(30)32(36)34-31(33(37)38)15-16-43(3,39)40)19-35-20-27(42-2)18-26(35)22-41-21-24-10-5-4-6-11-24/h4-14,17,26-27,31H,15-16,18-22H2,1-3H3,(H,34,36)(H,37,38)/t26-,27?,31+/m1/s1. The third-order valence-corrected chi connectivity index (χ3v) is 9.76. The topological polar surface area (TPSA) is 113 Å². The van der Waals surface area contributed by atoms with Gasteiger partial charge < -0.3 is 15.2 Å². The Morgan fingerprint density at radius 1 is 1.05 bits per heavy atom. The van der Waals surface area contributed by atoms with Crippen LogP contribution in [0.15, 0.2) is 72.8 Å². The number of hydrogen-bond donors (Lipinski definition) is 2. The number of aryl methyl sites for hydroxylation is 1. The Bertz CT molecular complexity index is 1510. The Kier molecular flexibility index (Phi) is 11.4. The van der Waals surface area contributed by atoms with Crippen LogP contribution < -0.4 is 5.32 Å². The summed E-state index contributed by atoms with van der Waals surface area (Å²) in [6, 6.07) is 22.5. The zero-order valence-electron chi connectivity index (χ0n) is 24.9. The molecule has 1 aliphatic heterocycles. The van der Waals surface area contributed by atoms with Gasteiger partial charge in [0, 0.05) is 36.2 Å². The van der Waals surface area contributed by atoms with E-state index in [0.717, 1.165) is 41.5 Å². The lowest BCUT2D eigenvalue weighted by Gasteiger charge is -2.25. The van der Waals surface area contributed by atoms with Crippen LogP contribution in [0.25, 0.3) is 11.1 Å². The number of thioether (sulfide) groups is 1. The average molecular weight is 625 g/mol. The van der Waals surface area contributed by atoms with Crippen LogP contribution in [0.2, 0.25) is 0 Å². The van der Waals surface area contributed by atoms with Gasteiger partial charge in [-0.05, 0) is 66.0 Å². The van der Waals surface area contributed by atoms with E-state index in [1.807, 2.05) is 73.3 Å². The molecule has 0 spiro atoms. The van der Waals surface area contributed by atoms with E-state index in [1.54, 1.807) is 6.07 Å². The summed E-state index contributed by atoms with van der Waals surface area (Å²) in [7, 11) is -3.39. The first-order chi connectivity index (χ1) is 20.5. The zero-order chi connectivity index (χ0) is 31.0. The molecular weight excluding hydrogens is 585 g/mol. The smallest absolute Gasteiger partial charge is 0.326 e. The van der Waals surface area contributed by atoms with Crippen LogP contribution in [0.5, 0.6) is 0 Å². The van der Waals surface area contributed by atoms with E-state index in [-0.39, 0.29) is 18.2 Å². The molecule has 1 aliphatic rings. The van der Waals surface area contributed by atoms with Crippen molar-refractivity contribution in [1.82, 2.24) is 10.2 Å². The van der Waals surface area contributed by atoms with Crippen LogP contribution in [0.4, 0.5) is 0 Å². The minimum absolute atomic E-state index is 0.211. The number of carboxylic acids is 1. The average Bonchev–Trinajstić information content (AvgIpc) is 3.36. The molecule has 0 bridgehead atoms. The summed E-state index contributed by atoms with van der Waals surface area (Å²) in [6.45, 7) is 4.78. The number of nitrogens with zero attached hydrogens (tertiary/aromatic N) is 1. The molecule has 8 nitrogen and oxygen atoms in total. The van der Waals surface area contributed by atoms with E-state index >= 15 is 0 Å². The van der Waals surface area contributed by atoms with Crippen LogP contribution in [0.1, 0.15) is 39.9 Å². The van der Waals surface area contributed by atoms with E-state index in [1.165, 1.54) is 0 Å². The van der Waals surface area contributed by atoms with Gasteiger partial charge in [-0.1, -0.05) is 60.7 Å². The van der Waals surface area contributed by atoms with Crippen molar-refractivity contribution in [3.8, 4) is 11.1 Å². The van der Waals surface area contributed by atoms with Crippen molar-refractivity contribution >= 4 is 33.5 Å². The van der Waals surface area contributed by atoms with Crippen LogP contribution in [0, 0.1) is 6.92 Å². The highest BCUT2D eigenvalue weighted by Crippen LogP contribution is 2.32. The van der Waals surface area contributed by atoms with Crippen molar-refractivity contribution in [2.45, 2.75) is 50.3 Å². The van der Waals surface area contributed by atoms with Gasteiger partial charge in [-0.15, -0.1) is 0 Å². The van der Waals surface area contributed by atoms with Crippen LogP contribution >= 0.6 is 11.8 Å². The number of aliphatic carboxylic acids is 1. The predicted molar refractivity (Wildman–Crippen MR) is 172 cm³/mol. The highest BCUT2D eigenvalue weighted by Gasteiger charge is 2.32. The summed E-state index contributed by atoms with van der Waals surface area (Å²) in [5, 5.41) is 12.7. The Balaban J connectivity index is 1.56. The summed E-state index contributed by atoms with van der Waals surface area (Å²) >= 11 is 1.87. The molecule has 0 radical (unpaired) electrons. The number of carbonyl (C=O) groups excluding carboxylic acids is 1. The molecule has 0 aliphatic carbocycles. The fraction of sp³-hybridized carbons (Fsp3) is 0.394. The Labute approximate surface area is 258 Å². The summed E-state index contributed by atoms with van der Waals surface area (Å²) in [6.07, 6.45) is 4.01. The predicted octanol–water partition coefficient (Wildman–Crippen LogP) is 4.80. The first-order valence-electron chi connectivity index (χ1n) is 14.3. The third-order valence-electron chi connectivity index (χ3n) is 7.77. The summed E-state index contributed by atoms with van der Waals surface area (Å²) in [4.78, 5) is 27.8. The fourth-order valence-electron chi connectivity index (χ4n) is 5.41. The number of likely N-dealkylation sites (tertiary alicyclic amines) is 1. The summed E-state index contributed by atoms with van der Waals surface area (Å²) < 4.78 is 29.4. The molecule has 230 valence electrons. The number of nitrogens with one attached hydrogen (secondary N) is 1. The lowest BCUT2D eigenvalue weighted by molar-refractivity contribution is -0.139. The van der Waals surface area contributed by atoms with Crippen molar-refractivity contribution in [2.24, 2.45) is 0 Å². The quantitative estimate of drug-likeness (QED) is 0.263. The molecule has 43 heavy (non-hydrogen) atoms. The Hall–Kier alpha value is -3.18. The number of carboxylic acid groups (broad SMARTS) is 1. The molecule has 3 atom stereocenters. The molecule has 0 aromatic heterocycles. The minimum Gasteiger partial charge on any atom is -0.480 e. The van der Waals surface area contributed by atoms with E-state index in [2.05, 4.69) is 28.6 Å². The zero-order valence-corrected chi connectivity index (χ0v) is 26.5. The molecule has 10 heteroatoms. The van der Waals surface area contributed by atoms with E-state index < -0.39 is 27.8 Å². The maximum absolute atomic E-state index is 13.5. The van der Waals surface area contributed by atoms with Gasteiger partial charge >= 0.3 is 5.97 Å². The molecule has 1 heterocycles. The minimum atomic E-state index is -3.39. The second-order valence-corrected chi connectivity index (χ2v) is 14.6. The lowest BCUT2D eigenvalue weighted by Crippen LogP contribution is -2.42. The second kappa shape index (κ2) is 15.0. The number of benzene rings is 3. The largest absolute Gasteiger partial charge is 0.480 e. The maximum Gasteiger partial charge on any atom is 0.326 e. The van der Waals surface area contributed by atoms with Gasteiger partial charge in [-0.3, -0.25) is 9.69 Å². The Morgan fingerprint density at radius 3 is 2.44 bits per heavy atom. The monoisotopic (exact) mass is 624 g/mol. The van der Waals surface area contributed by atoms with E-state index in [4.69, 9.17) is 4.74 Å². The van der Waals surface area contributed by atoms with Crippen LogP contribution in [-0.2, 0) is 32.5 Å². The number of sulfone groups is 1. The fourth-order valence-corrected chi connectivity index (χ4v) is 6.83. The molecule has 1 saturated heterocycles. The van der Waals surface area contributed by atoms with Crippen molar-refractivity contribution < 1.29 is 27.9 Å². The van der Waals surface area contributed by atoms with E-state index in [9.17, 15) is 23.1 Å².